The number of alkyl carbamates (subject to hydrolysis) is 1. The summed E-state index contributed by atoms with van der Waals surface area (Å²) in [5.41, 5.74) is -1.20. The van der Waals surface area contributed by atoms with Crippen molar-refractivity contribution in [2.75, 3.05) is 14.2 Å². The van der Waals surface area contributed by atoms with E-state index in [1.54, 1.807) is 65.8 Å². The van der Waals surface area contributed by atoms with E-state index in [4.69, 9.17) is 18.9 Å². The summed E-state index contributed by atoms with van der Waals surface area (Å²) in [6.07, 6.45) is -0.997. The van der Waals surface area contributed by atoms with Crippen molar-refractivity contribution in [3.63, 3.8) is 0 Å². The second kappa shape index (κ2) is 10.6. The number of aliphatic carboxylic acids is 1. The van der Waals surface area contributed by atoms with Crippen molar-refractivity contribution >= 4 is 23.0 Å². The quantitative estimate of drug-likeness (QED) is 0.364. The number of hydrogen-bond donors (Lipinski definition) is 3. The minimum atomic E-state index is -2.07. The molecule has 38 heavy (non-hydrogen) atoms. The normalized spacial score (nSPS) is 12.9. The van der Waals surface area contributed by atoms with E-state index in [1.165, 1.54) is 14.2 Å². The van der Waals surface area contributed by atoms with E-state index in [2.05, 4.69) is 15.3 Å². The number of carbonyl (C=O) groups is 2. The van der Waals surface area contributed by atoms with E-state index in [0.717, 1.165) is 0 Å². The summed E-state index contributed by atoms with van der Waals surface area (Å²) in [5, 5.41) is 12.7. The van der Waals surface area contributed by atoms with E-state index in [0.29, 0.717) is 39.5 Å². The van der Waals surface area contributed by atoms with Gasteiger partial charge in [-0.3, -0.25) is 10.1 Å². The molecule has 1 amide bonds. The van der Waals surface area contributed by atoms with Gasteiger partial charge < -0.3 is 29.0 Å². The fourth-order valence-corrected chi connectivity index (χ4v) is 3.95. The molecular formula is C27H33N3O8. The van der Waals surface area contributed by atoms with E-state index in [9.17, 15) is 19.5 Å². The molecule has 1 heterocycles. The number of carboxylic acid groups (broad SMARTS) is 1. The number of nitrogens with zero attached hydrogens (tertiary/aromatic N) is 1. The maximum atomic E-state index is 12.9. The summed E-state index contributed by atoms with van der Waals surface area (Å²) in [5.74, 6) is -0.00508. The molecule has 3 N–H and O–H groups in total. The first kappa shape index (κ1) is 28.3. The fourth-order valence-electron chi connectivity index (χ4n) is 3.95. The molecule has 11 nitrogen and oxygen atoms in total. The molecule has 3 aromatic rings. The third kappa shape index (κ3) is 5.82. The number of aromatic amines is 1. The summed E-state index contributed by atoms with van der Waals surface area (Å²) in [6, 6.07) is 6.66. The number of benzene rings is 2. The van der Waals surface area contributed by atoms with Gasteiger partial charge in [0.2, 0.25) is 0 Å². The van der Waals surface area contributed by atoms with Crippen LogP contribution >= 0.6 is 0 Å². The number of nitrogens with one attached hydrogen (secondary N) is 2. The number of ether oxygens (including phenoxy) is 4. The maximum absolute atomic E-state index is 12.9. The van der Waals surface area contributed by atoms with Crippen molar-refractivity contribution in [3.8, 4) is 28.6 Å². The van der Waals surface area contributed by atoms with Gasteiger partial charge in [0, 0.05) is 24.1 Å². The highest BCUT2D eigenvalue weighted by atomic mass is 16.6. The monoisotopic (exact) mass is 527 g/mol. The van der Waals surface area contributed by atoms with Crippen LogP contribution in [-0.4, -0.2) is 52.7 Å². The van der Waals surface area contributed by atoms with Crippen LogP contribution in [0, 0.1) is 13.8 Å². The Hall–Kier alpha value is -4.28. The third-order valence-electron chi connectivity index (χ3n) is 5.76. The summed E-state index contributed by atoms with van der Waals surface area (Å²) < 4.78 is 21.9. The second-order valence-electron chi connectivity index (χ2n) is 9.79. The van der Waals surface area contributed by atoms with Crippen LogP contribution in [0.5, 0.6) is 17.2 Å². The Kier molecular flexibility index (Phi) is 7.90. The molecule has 3 rings (SSSR count). The molecule has 0 spiro atoms. The predicted octanol–water partition coefficient (Wildman–Crippen LogP) is 4.32. The Bertz CT molecular complexity index is 1420. The van der Waals surface area contributed by atoms with Gasteiger partial charge in [-0.05, 0) is 57.9 Å². The van der Waals surface area contributed by atoms with Crippen LogP contribution in [0.25, 0.3) is 22.3 Å². The molecule has 1 aromatic heterocycles. The number of rotatable bonds is 8. The van der Waals surface area contributed by atoms with Crippen molar-refractivity contribution < 1.29 is 33.6 Å². The zero-order chi connectivity index (χ0) is 28.4. The number of aromatic nitrogens is 2. The van der Waals surface area contributed by atoms with Crippen molar-refractivity contribution in [2.24, 2.45) is 0 Å². The van der Waals surface area contributed by atoms with E-state index < -0.39 is 28.9 Å². The average Bonchev–Trinajstić information content (AvgIpc) is 2.82. The first-order valence-electron chi connectivity index (χ1n) is 11.9. The molecule has 0 saturated heterocycles. The lowest BCUT2D eigenvalue weighted by atomic mass is 10.0. The van der Waals surface area contributed by atoms with Gasteiger partial charge in [0.05, 0.1) is 19.7 Å². The second-order valence-corrected chi connectivity index (χ2v) is 9.79. The van der Waals surface area contributed by atoms with Crippen molar-refractivity contribution in [1.82, 2.24) is 15.3 Å². The Morgan fingerprint density at radius 1 is 1.05 bits per heavy atom. The van der Waals surface area contributed by atoms with Crippen LogP contribution in [0.15, 0.2) is 29.1 Å². The average molecular weight is 528 g/mol. The molecular weight excluding hydrogens is 494 g/mol. The Morgan fingerprint density at radius 2 is 1.68 bits per heavy atom. The fraction of sp³-hybridized carbons (Fsp3) is 0.407. The Labute approximate surface area is 220 Å². The van der Waals surface area contributed by atoms with E-state index in [1.807, 2.05) is 0 Å². The van der Waals surface area contributed by atoms with Gasteiger partial charge in [-0.25, -0.2) is 14.6 Å². The lowest BCUT2D eigenvalue weighted by molar-refractivity contribution is -0.158. The molecule has 0 aliphatic carbocycles. The number of hydrogen-bond acceptors (Lipinski definition) is 8. The number of amides is 1. The minimum absolute atomic E-state index is 0.0780. The van der Waals surface area contributed by atoms with Crippen LogP contribution in [0.2, 0.25) is 0 Å². The molecule has 0 saturated carbocycles. The standard InChI is InChI=1S/C27H33N3O8/c1-9-27(24(32)33,30-25(34)38-26(4,5)6)37-21-14(2)10-16(11-15(21)3)22-28-18-12-17(35-7)13-19(36-8)20(18)23(31)29-22/h10-13H,9H2,1-8H3,(H,30,34)(H,32,33)(H,28,29,31). The molecule has 204 valence electrons. The van der Waals surface area contributed by atoms with Gasteiger partial charge >= 0.3 is 12.1 Å². The molecule has 11 heteroatoms. The molecule has 0 radical (unpaired) electrons. The van der Waals surface area contributed by atoms with Crippen LogP contribution < -0.4 is 25.1 Å². The smallest absolute Gasteiger partial charge is 0.411 e. The Balaban J connectivity index is 2.05. The lowest BCUT2D eigenvalue weighted by Crippen LogP contribution is -2.59. The number of H-pyrrole nitrogens is 1. The summed E-state index contributed by atoms with van der Waals surface area (Å²) in [4.78, 5) is 45.0. The third-order valence-corrected chi connectivity index (χ3v) is 5.76. The summed E-state index contributed by atoms with van der Waals surface area (Å²) in [7, 11) is 2.96. The topological polar surface area (TPSA) is 149 Å². The number of carbonyl (C=O) groups excluding carboxylic acids is 1. The molecule has 1 atom stereocenters. The zero-order valence-electron chi connectivity index (χ0n) is 22.8. The largest absolute Gasteiger partial charge is 0.497 e. The van der Waals surface area contributed by atoms with Gasteiger partial charge in [-0.2, -0.15) is 0 Å². The Morgan fingerprint density at radius 3 is 2.18 bits per heavy atom. The minimum Gasteiger partial charge on any atom is -0.497 e. The van der Waals surface area contributed by atoms with Crippen molar-refractivity contribution in [1.29, 1.82) is 0 Å². The number of carboxylic acids is 1. The molecule has 0 bridgehead atoms. The van der Waals surface area contributed by atoms with Crippen LogP contribution in [-0.2, 0) is 9.53 Å². The zero-order valence-corrected chi connectivity index (χ0v) is 22.8. The van der Waals surface area contributed by atoms with Crippen LogP contribution in [0.4, 0.5) is 4.79 Å². The molecule has 2 aromatic carbocycles. The van der Waals surface area contributed by atoms with E-state index >= 15 is 0 Å². The van der Waals surface area contributed by atoms with Crippen LogP contribution in [0.1, 0.15) is 45.2 Å². The molecule has 0 fully saturated rings. The highest BCUT2D eigenvalue weighted by Gasteiger charge is 2.43. The number of aryl methyl sites for hydroxylation is 2. The lowest BCUT2D eigenvalue weighted by Gasteiger charge is -2.32. The van der Waals surface area contributed by atoms with Crippen molar-refractivity contribution in [2.45, 2.75) is 59.3 Å². The molecule has 0 aliphatic heterocycles. The summed E-state index contributed by atoms with van der Waals surface area (Å²) >= 11 is 0. The van der Waals surface area contributed by atoms with Crippen molar-refractivity contribution in [3.05, 3.63) is 45.7 Å². The van der Waals surface area contributed by atoms with Gasteiger partial charge in [0.15, 0.2) is 0 Å². The molecule has 0 aliphatic rings. The first-order chi connectivity index (χ1) is 17.7. The summed E-state index contributed by atoms with van der Waals surface area (Å²) in [6.45, 7) is 10.1. The maximum Gasteiger partial charge on any atom is 0.411 e. The molecule has 1 unspecified atom stereocenters. The highest BCUT2D eigenvalue weighted by Crippen LogP contribution is 2.33. The number of methoxy groups -OCH3 is 2. The van der Waals surface area contributed by atoms with Crippen LogP contribution in [0.3, 0.4) is 0 Å². The van der Waals surface area contributed by atoms with Gasteiger partial charge in [0.25, 0.3) is 11.3 Å². The van der Waals surface area contributed by atoms with Gasteiger partial charge in [0.1, 0.15) is 34.1 Å². The SMILES string of the molecule is CCC(NC(=O)OC(C)(C)C)(Oc1c(C)cc(-c2nc3cc(OC)cc(OC)c3c(=O)[nH]2)cc1C)C(=O)O. The highest BCUT2D eigenvalue weighted by molar-refractivity contribution is 5.87. The first-order valence-corrected chi connectivity index (χ1v) is 11.9. The van der Waals surface area contributed by atoms with Gasteiger partial charge in [-0.1, -0.05) is 6.92 Å². The van der Waals surface area contributed by atoms with Gasteiger partial charge in [-0.15, -0.1) is 0 Å². The number of fused-ring (bicyclic) bond motifs is 1. The predicted molar refractivity (Wildman–Crippen MR) is 141 cm³/mol. The van der Waals surface area contributed by atoms with E-state index in [-0.39, 0.29) is 17.6 Å².